The Morgan fingerprint density at radius 3 is 2.00 bits per heavy atom. The first-order chi connectivity index (χ1) is 8.57. The van der Waals surface area contributed by atoms with E-state index in [1.807, 2.05) is 0 Å². The van der Waals surface area contributed by atoms with Crippen LogP contribution in [0.3, 0.4) is 0 Å². The minimum absolute atomic E-state index is 0.285. The fourth-order valence-electron chi connectivity index (χ4n) is 3.64. The molecule has 18 heavy (non-hydrogen) atoms. The summed E-state index contributed by atoms with van der Waals surface area (Å²) in [5.74, 6) is 0.793. The summed E-state index contributed by atoms with van der Waals surface area (Å²) < 4.78 is 0. The molecule has 2 heteroatoms. The third-order valence-corrected chi connectivity index (χ3v) is 4.88. The van der Waals surface area contributed by atoms with E-state index >= 15 is 0 Å². The van der Waals surface area contributed by atoms with Crippen molar-refractivity contribution < 1.29 is 0 Å². The Hall–Kier alpha value is -0.0800. The Bertz CT molecular complexity index is 215. The van der Waals surface area contributed by atoms with Crippen molar-refractivity contribution in [3.63, 3.8) is 0 Å². The second-order valence-corrected chi connectivity index (χ2v) is 6.31. The van der Waals surface area contributed by atoms with Crippen LogP contribution < -0.4 is 5.32 Å². The van der Waals surface area contributed by atoms with Gasteiger partial charge in [-0.2, -0.15) is 0 Å². The maximum absolute atomic E-state index is 3.78. The number of hydrogen-bond acceptors (Lipinski definition) is 2. The van der Waals surface area contributed by atoms with Gasteiger partial charge >= 0.3 is 0 Å². The lowest BCUT2D eigenvalue weighted by Crippen LogP contribution is -2.61. The first kappa shape index (κ1) is 16.0. The van der Waals surface area contributed by atoms with Crippen molar-refractivity contribution in [2.45, 2.75) is 78.3 Å². The lowest BCUT2D eigenvalue weighted by molar-refractivity contribution is 0.0388. The number of likely N-dealkylation sites (tertiary alicyclic amines) is 1. The Morgan fingerprint density at radius 2 is 1.56 bits per heavy atom. The number of likely N-dealkylation sites (N-methyl/N-ethyl adjacent to an activating group) is 1. The van der Waals surface area contributed by atoms with E-state index in [0.29, 0.717) is 6.04 Å². The van der Waals surface area contributed by atoms with Crippen LogP contribution in [-0.4, -0.2) is 36.1 Å². The van der Waals surface area contributed by atoms with Gasteiger partial charge in [0.25, 0.3) is 0 Å². The van der Waals surface area contributed by atoms with Gasteiger partial charge < -0.3 is 5.32 Å². The van der Waals surface area contributed by atoms with Gasteiger partial charge in [0.15, 0.2) is 0 Å². The predicted octanol–water partition coefficient (Wildman–Crippen LogP) is 3.67. The van der Waals surface area contributed by atoms with Crippen LogP contribution in [0.4, 0.5) is 0 Å². The maximum atomic E-state index is 3.78. The van der Waals surface area contributed by atoms with Gasteiger partial charge in [-0.25, -0.2) is 0 Å². The van der Waals surface area contributed by atoms with Crippen molar-refractivity contribution in [2.24, 2.45) is 5.92 Å². The van der Waals surface area contributed by atoms with Crippen molar-refractivity contribution in [3.8, 4) is 0 Å². The van der Waals surface area contributed by atoms with E-state index in [1.54, 1.807) is 0 Å². The van der Waals surface area contributed by atoms with Crippen LogP contribution in [0, 0.1) is 5.92 Å². The molecule has 1 rings (SSSR count). The van der Waals surface area contributed by atoms with E-state index in [-0.39, 0.29) is 5.54 Å². The van der Waals surface area contributed by atoms with Crippen LogP contribution >= 0.6 is 0 Å². The molecule has 0 radical (unpaired) electrons. The van der Waals surface area contributed by atoms with Crippen molar-refractivity contribution in [2.75, 3.05) is 19.6 Å². The Morgan fingerprint density at radius 1 is 1.00 bits per heavy atom. The second-order valence-electron chi connectivity index (χ2n) is 6.31. The molecule has 0 aromatic carbocycles. The highest BCUT2D eigenvalue weighted by molar-refractivity contribution is 4.97. The van der Waals surface area contributed by atoms with Crippen LogP contribution in [-0.2, 0) is 0 Å². The molecule has 1 saturated heterocycles. The molecule has 1 unspecified atom stereocenters. The fraction of sp³-hybridized carbons (Fsp3) is 1.00. The summed E-state index contributed by atoms with van der Waals surface area (Å²) in [6.45, 7) is 15.5. The average Bonchev–Trinajstić information content (AvgIpc) is 2.40. The first-order valence-electron chi connectivity index (χ1n) is 8.06. The highest BCUT2D eigenvalue weighted by atomic mass is 15.2. The van der Waals surface area contributed by atoms with E-state index in [4.69, 9.17) is 0 Å². The van der Waals surface area contributed by atoms with Crippen LogP contribution in [0.5, 0.6) is 0 Å². The number of nitrogens with one attached hydrogen (secondary N) is 1. The van der Waals surface area contributed by atoms with Gasteiger partial charge in [-0.1, -0.05) is 40.0 Å². The minimum atomic E-state index is 0.285. The van der Waals surface area contributed by atoms with Crippen LogP contribution in [0.25, 0.3) is 0 Å². The zero-order valence-corrected chi connectivity index (χ0v) is 13.3. The molecule has 0 aromatic heterocycles. The van der Waals surface area contributed by atoms with Crippen molar-refractivity contribution in [3.05, 3.63) is 0 Å². The number of hydrogen-bond donors (Lipinski definition) is 1. The number of piperidine rings is 1. The zero-order valence-electron chi connectivity index (χ0n) is 13.3. The van der Waals surface area contributed by atoms with E-state index in [9.17, 15) is 0 Å². The third kappa shape index (κ3) is 3.71. The van der Waals surface area contributed by atoms with E-state index in [1.165, 1.54) is 45.2 Å². The van der Waals surface area contributed by atoms with E-state index < -0.39 is 0 Å². The lowest BCUT2D eigenvalue weighted by atomic mass is 9.79. The third-order valence-electron chi connectivity index (χ3n) is 4.88. The van der Waals surface area contributed by atoms with Crippen molar-refractivity contribution in [1.82, 2.24) is 10.2 Å². The predicted molar refractivity (Wildman–Crippen MR) is 81.0 cm³/mol. The molecule has 1 aliphatic heterocycles. The topological polar surface area (TPSA) is 15.3 Å². The van der Waals surface area contributed by atoms with Gasteiger partial charge in [0.1, 0.15) is 0 Å². The molecule has 0 amide bonds. The van der Waals surface area contributed by atoms with Gasteiger partial charge in [-0.05, 0) is 52.2 Å². The highest BCUT2D eigenvalue weighted by Gasteiger charge is 2.38. The SMILES string of the molecule is CCNC(C(CC)CC)C(C)(C)N1CCCCC1. The van der Waals surface area contributed by atoms with Gasteiger partial charge in [0.2, 0.25) is 0 Å². The second kappa shape index (κ2) is 7.49. The van der Waals surface area contributed by atoms with Crippen molar-refractivity contribution in [1.29, 1.82) is 0 Å². The van der Waals surface area contributed by atoms with Crippen LogP contribution in [0.15, 0.2) is 0 Å². The van der Waals surface area contributed by atoms with Gasteiger partial charge in [-0.15, -0.1) is 0 Å². The van der Waals surface area contributed by atoms with E-state index in [0.717, 1.165) is 12.5 Å². The molecule has 0 aliphatic carbocycles. The molecule has 0 spiro atoms. The smallest absolute Gasteiger partial charge is 0.0308 e. The van der Waals surface area contributed by atoms with E-state index in [2.05, 4.69) is 44.8 Å². The van der Waals surface area contributed by atoms with Crippen LogP contribution in [0.2, 0.25) is 0 Å². The Balaban J connectivity index is 2.79. The Kier molecular flexibility index (Phi) is 6.65. The molecule has 0 aromatic rings. The molecule has 0 bridgehead atoms. The Labute approximate surface area is 115 Å². The molecular formula is C16H34N2. The molecule has 2 nitrogen and oxygen atoms in total. The molecule has 1 heterocycles. The molecule has 1 N–H and O–H groups in total. The summed E-state index contributed by atoms with van der Waals surface area (Å²) in [6, 6.07) is 0.621. The molecular weight excluding hydrogens is 220 g/mol. The molecule has 1 atom stereocenters. The summed E-state index contributed by atoms with van der Waals surface area (Å²) in [5.41, 5.74) is 0.285. The summed E-state index contributed by atoms with van der Waals surface area (Å²) in [7, 11) is 0. The van der Waals surface area contributed by atoms with Gasteiger partial charge in [0, 0.05) is 11.6 Å². The fourth-order valence-corrected chi connectivity index (χ4v) is 3.64. The monoisotopic (exact) mass is 254 g/mol. The number of nitrogens with zero attached hydrogens (tertiary/aromatic N) is 1. The molecule has 1 fully saturated rings. The zero-order chi connectivity index (χ0) is 13.6. The van der Waals surface area contributed by atoms with Crippen molar-refractivity contribution >= 4 is 0 Å². The summed E-state index contributed by atoms with van der Waals surface area (Å²) >= 11 is 0. The summed E-state index contributed by atoms with van der Waals surface area (Å²) in [5, 5.41) is 3.78. The molecule has 0 saturated carbocycles. The maximum Gasteiger partial charge on any atom is 0.0308 e. The molecule has 1 aliphatic rings. The average molecular weight is 254 g/mol. The summed E-state index contributed by atoms with van der Waals surface area (Å²) in [4.78, 5) is 2.72. The lowest BCUT2D eigenvalue weighted by Gasteiger charge is -2.48. The van der Waals surface area contributed by atoms with Gasteiger partial charge in [0.05, 0.1) is 0 Å². The number of rotatable bonds is 7. The van der Waals surface area contributed by atoms with Gasteiger partial charge in [-0.3, -0.25) is 4.90 Å². The minimum Gasteiger partial charge on any atom is -0.312 e. The summed E-state index contributed by atoms with van der Waals surface area (Å²) in [6.07, 6.45) is 6.75. The highest BCUT2D eigenvalue weighted by Crippen LogP contribution is 2.30. The molecule has 108 valence electrons. The normalized spacial score (nSPS) is 20.3. The standard InChI is InChI=1S/C16H34N2/c1-6-14(7-2)15(17-8-3)16(4,5)18-12-10-9-11-13-18/h14-15,17H,6-13H2,1-5H3. The largest absolute Gasteiger partial charge is 0.312 e. The van der Waals surface area contributed by atoms with Crippen LogP contribution in [0.1, 0.15) is 66.7 Å². The first-order valence-corrected chi connectivity index (χ1v) is 8.06. The quantitative estimate of drug-likeness (QED) is 0.746.